The third-order valence-corrected chi connectivity index (χ3v) is 8.97. The molecule has 1 saturated carbocycles. The van der Waals surface area contributed by atoms with Gasteiger partial charge in [0.25, 0.3) is 0 Å². The van der Waals surface area contributed by atoms with Crippen LogP contribution in [0.2, 0.25) is 11.6 Å². The van der Waals surface area contributed by atoms with E-state index in [1.807, 2.05) is 0 Å². The van der Waals surface area contributed by atoms with Gasteiger partial charge in [0.15, 0.2) is 0 Å². The molecule has 3 nitrogen and oxygen atoms in total. The smallest absolute Gasteiger partial charge is 0.340 e. The first kappa shape index (κ1) is 15.5. The molecule has 0 amide bonds. The molecule has 1 aliphatic carbocycles. The van der Waals surface area contributed by atoms with Gasteiger partial charge in [-0.05, 0) is 57.0 Å². The zero-order chi connectivity index (χ0) is 13.9. The predicted molar refractivity (Wildman–Crippen MR) is 79.5 cm³/mol. The van der Waals surface area contributed by atoms with Crippen LogP contribution in [0.25, 0.3) is 0 Å². The fourth-order valence-corrected chi connectivity index (χ4v) is 6.85. The van der Waals surface area contributed by atoms with Crippen LogP contribution < -0.4 is 0 Å². The number of ether oxygens (including phenoxy) is 1. The van der Waals surface area contributed by atoms with Crippen LogP contribution in [0, 0.1) is 5.92 Å². The van der Waals surface area contributed by atoms with Gasteiger partial charge >= 0.3 is 8.56 Å². The van der Waals surface area contributed by atoms with Crippen molar-refractivity contribution in [3.05, 3.63) is 0 Å². The van der Waals surface area contributed by atoms with E-state index in [-0.39, 0.29) is 0 Å². The minimum absolute atomic E-state index is 0.529. The van der Waals surface area contributed by atoms with Crippen molar-refractivity contribution in [1.82, 2.24) is 0 Å². The number of fused-ring (bicyclic) bond motifs is 1. The lowest BCUT2D eigenvalue weighted by molar-refractivity contribution is 0.171. The molecular formula is C15H30O3Si. The first-order valence-electron chi connectivity index (χ1n) is 8.04. The van der Waals surface area contributed by atoms with Gasteiger partial charge in [0.2, 0.25) is 0 Å². The van der Waals surface area contributed by atoms with E-state index in [1.54, 1.807) is 0 Å². The average Bonchev–Trinajstić information content (AvgIpc) is 3.14. The van der Waals surface area contributed by atoms with Gasteiger partial charge in [-0.25, -0.2) is 0 Å². The summed E-state index contributed by atoms with van der Waals surface area (Å²) >= 11 is 0. The van der Waals surface area contributed by atoms with E-state index in [0.29, 0.717) is 17.7 Å². The quantitative estimate of drug-likeness (QED) is 0.501. The Balaban J connectivity index is 1.86. The topological polar surface area (TPSA) is 31.0 Å². The summed E-state index contributed by atoms with van der Waals surface area (Å²) in [4.78, 5) is 0. The molecule has 1 saturated heterocycles. The van der Waals surface area contributed by atoms with E-state index in [2.05, 4.69) is 27.7 Å². The van der Waals surface area contributed by atoms with Crippen LogP contribution in [0.1, 0.15) is 53.4 Å². The van der Waals surface area contributed by atoms with Crippen molar-refractivity contribution in [3.63, 3.8) is 0 Å². The van der Waals surface area contributed by atoms with E-state index < -0.39 is 8.56 Å². The van der Waals surface area contributed by atoms with E-state index in [1.165, 1.54) is 25.7 Å². The minimum atomic E-state index is -2.01. The molecule has 1 aliphatic heterocycles. The molecule has 2 aliphatic rings. The minimum Gasteiger partial charge on any atom is -0.394 e. The lowest BCUT2D eigenvalue weighted by Gasteiger charge is -2.35. The monoisotopic (exact) mass is 286 g/mol. The largest absolute Gasteiger partial charge is 0.394 e. The van der Waals surface area contributed by atoms with Crippen molar-refractivity contribution in [1.29, 1.82) is 0 Å². The molecule has 0 radical (unpaired) electrons. The molecule has 3 unspecified atom stereocenters. The third-order valence-electron chi connectivity index (χ3n) is 4.67. The van der Waals surface area contributed by atoms with E-state index >= 15 is 0 Å². The average molecular weight is 286 g/mol. The fourth-order valence-electron chi connectivity index (χ4n) is 3.45. The van der Waals surface area contributed by atoms with Crippen LogP contribution in [0.5, 0.6) is 0 Å². The van der Waals surface area contributed by atoms with Crippen molar-refractivity contribution in [2.75, 3.05) is 13.2 Å². The Morgan fingerprint density at radius 3 is 2.32 bits per heavy atom. The fraction of sp³-hybridized carbons (Fsp3) is 1.00. The Morgan fingerprint density at radius 1 is 1.11 bits per heavy atom. The van der Waals surface area contributed by atoms with Gasteiger partial charge in [-0.3, -0.25) is 0 Å². The molecule has 0 aromatic rings. The van der Waals surface area contributed by atoms with Crippen LogP contribution in [-0.4, -0.2) is 34.0 Å². The lowest BCUT2D eigenvalue weighted by Crippen LogP contribution is -2.45. The van der Waals surface area contributed by atoms with Crippen LogP contribution >= 0.6 is 0 Å². The van der Waals surface area contributed by atoms with Crippen LogP contribution in [0.3, 0.4) is 0 Å². The highest BCUT2D eigenvalue weighted by Gasteiger charge is 2.46. The molecule has 0 bridgehead atoms. The summed E-state index contributed by atoms with van der Waals surface area (Å²) in [6.45, 7) is 10.3. The Bertz CT molecular complexity index is 277. The van der Waals surface area contributed by atoms with E-state index in [9.17, 15) is 0 Å². The molecule has 0 spiro atoms. The Hall–Kier alpha value is 0.0969. The van der Waals surface area contributed by atoms with Gasteiger partial charge in [0.05, 0.1) is 12.2 Å². The molecule has 2 rings (SSSR count). The second kappa shape index (κ2) is 6.70. The van der Waals surface area contributed by atoms with Gasteiger partial charge < -0.3 is 13.6 Å². The number of epoxide rings is 1. The van der Waals surface area contributed by atoms with Gasteiger partial charge in [-0.15, -0.1) is 0 Å². The van der Waals surface area contributed by atoms with Crippen LogP contribution in [0.15, 0.2) is 0 Å². The molecule has 112 valence electrons. The maximum absolute atomic E-state index is 6.15. The maximum Gasteiger partial charge on any atom is 0.340 e. The molecule has 4 heteroatoms. The second-order valence-electron chi connectivity index (χ2n) is 6.26. The Labute approximate surface area is 119 Å². The zero-order valence-corrected chi connectivity index (χ0v) is 14.0. The van der Waals surface area contributed by atoms with Gasteiger partial charge in [-0.2, -0.15) is 0 Å². The molecule has 19 heavy (non-hydrogen) atoms. The van der Waals surface area contributed by atoms with Crippen molar-refractivity contribution in [2.24, 2.45) is 5.92 Å². The van der Waals surface area contributed by atoms with Gasteiger partial charge in [-0.1, -0.05) is 13.8 Å². The maximum atomic E-state index is 6.15. The standard InChI is InChI=1S/C15H30O3Si/c1-5-16-19(12(3)4,17-6-2)10-9-13-7-8-14-15(11-13)18-14/h12-15H,5-11H2,1-4H3. The summed E-state index contributed by atoms with van der Waals surface area (Å²) in [5.74, 6) is 0.829. The molecule has 1 heterocycles. The first-order chi connectivity index (χ1) is 9.11. The summed E-state index contributed by atoms with van der Waals surface area (Å²) < 4.78 is 17.9. The summed E-state index contributed by atoms with van der Waals surface area (Å²) in [6.07, 6.45) is 6.34. The number of hydrogen-bond donors (Lipinski definition) is 0. The normalized spacial score (nSPS) is 30.5. The van der Waals surface area contributed by atoms with Gasteiger partial charge in [0, 0.05) is 13.2 Å². The highest BCUT2D eigenvalue weighted by molar-refractivity contribution is 6.68. The molecular weight excluding hydrogens is 256 g/mol. The molecule has 0 N–H and O–H groups in total. The Morgan fingerprint density at radius 2 is 1.79 bits per heavy atom. The van der Waals surface area contributed by atoms with Crippen LogP contribution in [-0.2, 0) is 13.6 Å². The van der Waals surface area contributed by atoms with Gasteiger partial charge in [0.1, 0.15) is 0 Å². The number of hydrogen-bond acceptors (Lipinski definition) is 3. The molecule has 0 aromatic heterocycles. The van der Waals surface area contributed by atoms with Crippen molar-refractivity contribution in [3.8, 4) is 0 Å². The summed E-state index contributed by atoms with van der Waals surface area (Å²) in [5, 5.41) is 0. The summed E-state index contributed by atoms with van der Waals surface area (Å²) in [7, 11) is -2.01. The SMILES string of the molecule is CCO[Si](CCC1CCC2OC2C1)(OCC)C(C)C. The Kier molecular flexibility index (Phi) is 5.46. The van der Waals surface area contributed by atoms with Crippen LogP contribution in [0.4, 0.5) is 0 Å². The highest BCUT2D eigenvalue weighted by Crippen LogP contribution is 2.42. The molecule has 3 atom stereocenters. The molecule has 2 fully saturated rings. The highest BCUT2D eigenvalue weighted by atomic mass is 28.4. The number of rotatable bonds is 8. The zero-order valence-electron chi connectivity index (χ0n) is 13.0. The molecule has 0 aromatic carbocycles. The van der Waals surface area contributed by atoms with Crippen molar-refractivity contribution in [2.45, 2.75) is 77.2 Å². The summed E-state index contributed by atoms with van der Waals surface area (Å²) in [6, 6.07) is 1.15. The first-order valence-corrected chi connectivity index (χ1v) is 10.1. The third kappa shape index (κ3) is 3.81. The van der Waals surface area contributed by atoms with E-state index in [4.69, 9.17) is 13.6 Å². The van der Waals surface area contributed by atoms with Crippen molar-refractivity contribution >= 4 is 8.56 Å². The lowest BCUT2D eigenvalue weighted by atomic mass is 9.88. The van der Waals surface area contributed by atoms with E-state index in [0.717, 1.165) is 25.2 Å². The second-order valence-corrected chi connectivity index (χ2v) is 10.1. The van der Waals surface area contributed by atoms with Crippen molar-refractivity contribution < 1.29 is 13.6 Å². The summed E-state index contributed by atoms with van der Waals surface area (Å²) in [5.41, 5.74) is 0.529. The predicted octanol–water partition coefficient (Wildman–Crippen LogP) is 3.87.